The molecule has 0 N–H and O–H groups in total. The van der Waals surface area contributed by atoms with Crippen molar-refractivity contribution in [1.29, 1.82) is 0 Å². The highest BCUT2D eigenvalue weighted by Gasteiger charge is 2.68. The largest absolute Gasteiger partial charge is 0.467 e. The molecule has 2 heterocycles. The molecule has 0 aliphatic carbocycles. The van der Waals surface area contributed by atoms with Crippen molar-refractivity contribution in [3.8, 4) is 0 Å². The minimum absolute atomic E-state index is 0.0667. The van der Waals surface area contributed by atoms with E-state index >= 15 is 0 Å². The van der Waals surface area contributed by atoms with E-state index in [0.29, 0.717) is 0 Å². The first-order valence-corrected chi connectivity index (χ1v) is 5.19. The average molecular weight is 245 g/mol. The lowest BCUT2D eigenvalue weighted by Crippen LogP contribution is -2.55. The van der Waals surface area contributed by atoms with Crippen LogP contribution < -0.4 is 0 Å². The van der Waals surface area contributed by atoms with E-state index in [0.717, 1.165) is 0 Å². The summed E-state index contributed by atoms with van der Waals surface area (Å²) in [5.41, 5.74) is -1.13. The van der Waals surface area contributed by atoms with E-state index in [9.17, 15) is 9.59 Å². The molecule has 2 saturated heterocycles. The van der Waals surface area contributed by atoms with Crippen LogP contribution in [0.5, 0.6) is 0 Å². The fraction of sp³-hybridized carbons (Fsp3) is 0.800. The molecule has 7 heteroatoms. The van der Waals surface area contributed by atoms with Gasteiger partial charge in [-0.25, -0.2) is 9.59 Å². The maximum Gasteiger partial charge on any atom is 0.415 e. The highest BCUT2D eigenvalue weighted by Crippen LogP contribution is 2.45. The third kappa shape index (κ3) is 1.35. The predicted molar refractivity (Wildman–Crippen MR) is 53.9 cm³/mol. The van der Waals surface area contributed by atoms with Gasteiger partial charge in [0.25, 0.3) is 5.79 Å². The quantitative estimate of drug-likeness (QED) is 0.642. The van der Waals surface area contributed by atoms with Crippen molar-refractivity contribution in [2.24, 2.45) is 0 Å². The van der Waals surface area contributed by atoms with E-state index in [1.54, 1.807) is 13.8 Å². The molecular weight excluding hydrogens is 230 g/mol. The summed E-state index contributed by atoms with van der Waals surface area (Å²) in [6.45, 7) is 3.30. The van der Waals surface area contributed by atoms with Gasteiger partial charge in [0.15, 0.2) is 6.04 Å². The van der Waals surface area contributed by atoms with Crippen molar-refractivity contribution in [1.82, 2.24) is 4.90 Å². The Morgan fingerprint density at radius 1 is 1.47 bits per heavy atom. The van der Waals surface area contributed by atoms with Crippen molar-refractivity contribution in [3.63, 3.8) is 0 Å². The van der Waals surface area contributed by atoms with Crippen LogP contribution in [-0.4, -0.2) is 55.3 Å². The van der Waals surface area contributed by atoms with E-state index in [4.69, 9.17) is 14.2 Å². The van der Waals surface area contributed by atoms with Crippen LogP contribution in [0, 0.1) is 0 Å². The van der Waals surface area contributed by atoms with Crippen molar-refractivity contribution in [3.05, 3.63) is 0 Å². The highest BCUT2D eigenvalue weighted by molar-refractivity contribution is 5.84. The Balaban J connectivity index is 2.37. The van der Waals surface area contributed by atoms with Crippen LogP contribution in [0.3, 0.4) is 0 Å². The van der Waals surface area contributed by atoms with E-state index in [1.807, 2.05) is 0 Å². The molecule has 2 fully saturated rings. The third-order valence-corrected chi connectivity index (χ3v) is 3.48. The number of esters is 1. The highest BCUT2D eigenvalue weighted by atomic mass is 16.8. The van der Waals surface area contributed by atoms with Crippen LogP contribution in [0.2, 0.25) is 0 Å². The third-order valence-electron chi connectivity index (χ3n) is 3.48. The predicted octanol–water partition coefficient (Wildman–Crippen LogP) is 0.0892. The Morgan fingerprint density at radius 2 is 2.12 bits per heavy atom. The maximum atomic E-state index is 11.8. The maximum absolute atomic E-state index is 11.8. The number of amides is 1. The zero-order valence-electron chi connectivity index (χ0n) is 10.2. The lowest BCUT2D eigenvalue weighted by molar-refractivity contribution is -0.259. The Morgan fingerprint density at radius 3 is 2.65 bits per heavy atom. The zero-order valence-corrected chi connectivity index (χ0v) is 10.2. The molecule has 0 radical (unpaired) electrons. The molecule has 2 rings (SSSR count). The molecule has 0 bridgehead atoms. The van der Waals surface area contributed by atoms with E-state index in [-0.39, 0.29) is 6.61 Å². The number of hydrogen-bond acceptors (Lipinski definition) is 6. The van der Waals surface area contributed by atoms with Crippen molar-refractivity contribution < 1.29 is 28.5 Å². The minimum Gasteiger partial charge on any atom is -0.467 e. The van der Waals surface area contributed by atoms with Gasteiger partial charge >= 0.3 is 12.1 Å². The first-order valence-electron chi connectivity index (χ1n) is 5.19. The van der Waals surface area contributed by atoms with Crippen LogP contribution in [0.15, 0.2) is 0 Å². The minimum atomic E-state index is -1.24. The van der Waals surface area contributed by atoms with Crippen LogP contribution in [0.25, 0.3) is 0 Å². The Labute approximate surface area is 98.5 Å². The Kier molecular flexibility index (Phi) is 2.55. The van der Waals surface area contributed by atoms with Gasteiger partial charge < -0.3 is 18.9 Å². The van der Waals surface area contributed by atoms with Crippen LogP contribution >= 0.6 is 0 Å². The lowest BCUT2D eigenvalue weighted by Gasteiger charge is -2.35. The molecule has 2 aliphatic rings. The first kappa shape index (κ1) is 12.1. The van der Waals surface area contributed by atoms with Gasteiger partial charge in [-0.2, -0.15) is 0 Å². The summed E-state index contributed by atoms with van der Waals surface area (Å²) >= 11 is 0. The molecule has 0 unspecified atom stereocenters. The lowest BCUT2D eigenvalue weighted by atomic mass is 10.1. The fourth-order valence-corrected chi connectivity index (χ4v) is 2.18. The molecule has 0 spiro atoms. The SMILES string of the molecule is COC(=O)[C@H]1CO[C@@]2(C)N1C(=O)O[C@]2(C)OC. The number of carbonyl (C=O) groups excluding carboxylic acids is 2. The van der Waals surface area contributed by atoms with Crippen LogP contribution in [-0.2, 0) is 23.7 Å². The summed E-state index contributed by atoms with van der Waals surface area (Å²) in [7, 11) is 2.67. The molecule has 0 saturated carbocycles. The second kappa shape index (κ2) is 3.58. The van der Waals surface area contributed by atoms with Crippen molar-refractivity contribution in [2.75, 3.05) is 20.8 Å². The molecular formula is C10H15NO6. The zero-order chi connectivity index (χ0) is 12.8. The van der Waals surface area contributed by atoms with Gasteiger partial charge in [0, 0.05) is 14.0 Å². The second-order valence-corrected chi connectivity index (χ2v) is 4.22. The van der Waals surface area contributed by atoms with Gasteiger partial charge in [0.1, 0.15) is 0 Å². The monoisotopic (exact) mass is 245 g/mol. The number of cyclic esters (lactones) is 1. The summed E-state index contributed by atoms with van der Waals surface area (Å²) in [5.74, 6) is -1.78. The molecule has 3 atom stereocenters. The number of rotatable bonds is 2. The van der Waals surface area contributed by atoms with E-state index in [1.165, 1.54) is 19.1 Å². The van der Waals surface area contributed by atoms with Gasteiger partial charge in [-0.05, 0) is 6.92 Å². The smallest absolute Gasteiger partial charge is 0.415 e. The molecule has 0 aromatic heterocycles. The van der Waals surface area contributed by atoms with Gasteiger partial charge in [0.05, 0.1) is 13.7 Å². The topological polar surface area (TPSA) is 74.3 Å². The van der Waals surface area contributed by atoms with Gasteiger partial charge in [-0.15, -0.1) is 0 Å². The standard InChI is InChI=1S/C10H15NO6/c1-9-10(2,15-4)17-8(13)11(9)6(5-16-9)7(12)14-3/h6H,5H2,1-4H3/t6-,9-,10+/m1/s1. The molecule has 0 aromatic rings. The summed E-state index contributed by atoms with van der Waals surface area (Å²) in [6, 6.07) is -0.797. The second-order valence-electron chi connectivity index (χ2n) is 4.22. The molecule has 2 aliphatic heterocycles. The van der Waals surface area contributed by atoms with Crippen LogP contribution in [0.4, 0.5) is 4.79 Å². The molecule has 0 aromatic carbocycles. The van der Waals surface area contributed by atoms with Crippen molar-refractivity contribution in [2.45, 2.75) is 31.4 Å². The number of nitrogens with zero attached hydrogens (tertiary/aromatic N) is 1. The molecule has 1 amide bonds. The molecule has 96 valence electrons. The molecule has 7 nitrogen and oxygen atoms in total. The van der Waals surface area contributed by atoms with Gasteiger partial charge in [-0.1, -0.05) is 0 Å². The van der Waals surface area contributed by atoms with Crippen molar-refractivity contribution >= 4 is 12.1 Å². The number of fused-ring (bicyclic) bond motifs is 1. The van der Waals surface area contributed by atoms with Crippen LogP contribution in [0.1, 0.15) is 13.8 Å². The Hall–Kier alpha value is -1.34. The number of ether oxygens (including phenoxy) is 4. The van der Waals surface area contributed by atoms with E-state index in [2.05, 4.69) is 4.74 Å². The fourth-order valence-electron chi connectivity index (χ4n) is 2.18. The summed E-state index contributed by atoms with van der Waals surface area (Å²) in [4.78, 5) is 24.6. The molecule has 17 heavy (non-hydrogen) atoms. The van der Waals surface area contributed by atoms with Gasteiger partial charge in [-0.3, -0.25) is 4.90 Å². The summed E-state index contributed by atoms with van der Waals surface area (Å²) in [6.07, 6.45) is -0.648. The number of carbonyl (C=O) groups is 2. The van der Waals surface area contributed by atoms with Gasteiger partial charge in [0.2, 0.25) is 5.72 Å². The van der Waals surface area contributed by atoms with E-state index < -0.39 is 29.6 Å². The number of methoxy groups -OCH3 is 2. The Bertz CT molecular complexity index is 372. The number of hydrogen-bond donors (Lipinski definition) is 0. The normalized spacial score (nSPS) is 40.1. The summed E-state index contributed by atoms with van der Waals surface area (Å²) < 4.78 is 20.5. The summed E-state index contributed by atoms with van der Waals surface area (Å²) in [5, 5.41) is 0. The average Bonchev–Trinajstić information content (AvgIpc) is 2.75. The first-order chi connectivity index (χ1) is 7.89.